The summed E-state index contributed by atoms with van der Waals surface area (Å²) in [6, 6.07) is 16.9. The third-order valence-electron chi connectivity index (χ3n) is 5.80. The molecule has 0 radical (unpaired) electrons. The minimum absolute atomic E-state index is 0.166. The fraction of sp³-hybridized carbons (Fsp3) is 0.320. The number of rotatable bonds is 5. The van der Waals surface area contributed by atoms with E-state index < -0.39 is 5.97 Å². The van der Waals surface area contributed by atoms with Gasteiger partial charge in [-0.3, -0.25) is 0 Å². The highest BCUT2D eigenvalue weighted by atomic mass is 32.1. The molecule has 0 saturated carbocycles. The van der Waals surface area contributed by atoms with Crippen molar-refractivity contribution in [1.82, 2.24) is 5.32 Å². The molecule has 0 amide bonds. The molecule has 1 heterocycles. The highest BCUT2D eigenvalue weighted by Crippen LogP contribution is 2.45. The number of thiophene rings is 1. The van der Waals surface area contributed by atoms with E-state index in [1.54, 1.807) is 11.3 Å². The normalized spacial score (nSPS) is 15.1. The van der Waals surface area contributed by atoms with E-state index in [1.165, 1.54) is 16.0 Å². The average Bonchev–Trinajstić information content (AvgIpc) is 3.06. The molecule has 29 heavy (non-hydrogen) atoms. The van der Waals surface area contributed by atoms with E-state index in [0.717, 1.165) is 47.4 Å². The first kappa shape index (κ1) is 19.9. The summed E-state index contributed by atoms with van der Waals surface area (Å²) in [4.78, 5) is 14.3. The highest BCUT2D eigenvalue weighted by molar-refractivity contribution is 7.16. The number of hydrogen-bond acceptors (Lipinski definition) is 3. The number of carbonyl (C=O) groups is 1. The quantitative estimate of drug-likeness (QED) is 0.546. The van der Waals surface area contributed by atoms with Crippen molar-refractivity contribution >= 4 is 17.3 Å². The summed E-state index contributed by atoms with van der Waals surface area (Å²) < 4.78 is 0. The van der Waals surface area contributed by atoms with Crippen LogP contribution in [0.25, 0.3) is 21.6 Å². The zero-order valence-corrected chi connectivity index (χ0v) is 18.0. The van der Waals surface area contributed by atoms with Crippen LogP contribution in [0, 0.1) is 5.41 Å². The van der Waals surface area contributed by atoms with Gasteiger partial charge in [0.15, 0.2) is 0 Å². The van der Waals surface area contributed by atoms with E-state index in [0.29, 0.717) is 5.56 Å². The van der Waals surface area contributed by atoms with E-state index in [-0.39, 0.29) is 5.41 Å². The number of benzene rings is 2. The Morgan fingerprint density at radius 3 is 2.21 bits per heavy atom. The molecule has 3 nitrogen and oxygen atoms in total. The van der Waals surface area contributed by atoms with Crippen LogP contribution in [0.5, 0.6) is 0 Å². The van der Waals surface area contributed by atoms with Crippen LogP contribution in [0.15, 0.2) is 48.5 Å². The smallest absolute Gasteiger partial charge is 0.337 e. The van der Waals surface area contributed by atoms with Gasteiger partial charge in [0.2, 0.25) is 0 Å². The number of hydrogen-bond donors (Lipinski definition) is 2. The predicted molar refractivity (Wildman–Crippen MR) is 121 cm³/mol. The Bertz CT molecular complexity index is 1030. The molecule has 2 N–H and O–H groups in total. The Morgan fingerprint density at radius 1 is 1.03 bits per heavy atom. The molecule has 0 atom stereocenters. The molecular formula is C25H27NO2S. The van der Waals surface area contributed by atoms with Gasteiger partial charge in [-0.15, -0.1) is 11.3 Å². The van der Waals surface area contributed by atoms with Crippen LogP contribution in [0.3, 0.4) is 0 Å². The zero-order chi connectivity index (χ0) is 20.6. The van der Waals surface area contributed by atoms with E-state index in [4.69, 9.17) is 0 Å². The largest absolute Gasteiger partial charge is 0.478 e. The number of carboxylic acids is 1. The van der Waals surface area contributed by atoms with Crippen LogP contribution >= 0.6 is 11.3 Å². The lowest BCUT2D eigenvalue weighted by Gasteiger charge is -2.29. The monoisotopic (exact) mass is 405 g/mol. The molecular weight excluding hydrogens is 378 g/mol. The molecule has 0 aliphatic heterocycles. The SMILES string of the molecule is CNCc1ccc(-c2ccc(-c3sc4c(c3C(=O)O)CC(C)(C)CC4)cc2)cc1. The van der Waals surface area contributed by atoms with Gasteiger partial charge in [-0.25, -0.2) is 4.79 Å². The lowest BCUT2D eigenvalue weighted by atomic mass is 9.76. The molecule has 0 spiro atoms. The molecule has 150 valence electrons. The fourth-order valence-corrected chi connectivity index (χ4v) is 5.50. The Labute approximate surface area is 176 Å². The first-order valence-corrected chi connectivity index (χ1v) is 10.9. The van der Waals surface area contributed by atoms with Gasteiger partial charge >= 0.3 is 5.97 Å². The van der Waals surface area contributed by atoms with Crippen molar-refractivity contribution in [2.75, 3.05) is 7.05 Å². The first-order valence-electron chi connectivity index (χ1n) is 10.1. The molecule has 1 aromatic heterocycles. The molecule has 0 fully saturated rings. The van der Waals surface area contributed by atoms with Crippen molar-refractivity contribution in [1.29, 1.82) is 0 Å². The van der Waals surface area contributed by atoms with Gasteiger partial charge in [-0.1, -0.05) is 62.4 Å². The van der Waals surface area contributed by atoms with E-state index in [2.05, 4.69) is 67.7 Å². The summed E-state index contributed by atoms with van der Waals surface area (Å²) in [5.74, 6) is -0.806. The van der Waals surface area contributed by atoms with Crippen LogP contribution < -0.4 is 5.32 Å². The molecule has 1 aliphatic rings. The summed E-state index contributed by atoms with van der Waals surface area (Å²) in [5, 5.41) is 13.1. The maximum absolute atomic E-state index is 12.1. The van der Waals surface area contributed by atoms with Crippen molar-refractivity contribution < 1.29 is 9.90 Å². The Hall–Kier alpha value is -2.43. The van der Waals surface area contributed by atoms with Crippen molar-refractivity contribution in [3.8, 4) is 21.6 Å². The summed E-state index contributed by atoms with van der Waals surface area (Å²) in [5.41, 5.74) is 6.30. The molecule has 0 unspecified atom stereocenters. The van der Waals surface area contributed by atoms with Gasteiger partial charge in [-0.05, 0) is 59.5 Å². The van der Waals surface area contributed by atoms with E-state index in [9.17, 15) is 9.90 Å². The summed E-state index contributed by atoms with van der Waals surface area (Å²) >= 11 is 1.67. The molecule has 0 bridgehead atoms. The number of aromatic carboxylic acids is 1. The number of carboxylic acid groups (broad SMARTS) is 1. The third kappa shape index (κ3) is 4.00. The van der Waals surface area contributed by atoms with Gasteiger partial charge in [0.25, 0.3) is 0 Å². The minimum atomic E-state index is -0.806. The standard InChI is InChI=1S/C25H27NO2S/c1-25(2)13-12-21-20(14-25)22(24(27)28)23(29-21)19-10-8-18(9-11-19)17-6-4-16(5-7-17)15-26-3/h4-11,26H,12-15H2,1-3H3,(H,27,28). The number of aryl methyl sites for hydroxylation is 1. The minimum Gasteiger partial charge on any atom is -0.478 e. The van der Waals surface area contributed by atoms with Crippen LogP contribution in [0.1, 0.15) is 46.6 Å². The molecule has 4 rings (SSSR count). The lowest BCUT2D eigenvalue weighted by Crippen LogP contribution is -2.22. The maximum Gasteiger partial charge on any atom is 0.337 e. The van der Waals surface area contributed by atoms with Gasteiger partial charge < -0.3 is 10.4 Å². The summed E-state index contributed by atoms with van der Waals surface area (Å²) in [6.45, 7) is 5.32. The fourth-order valence-electron chi connectivity index (χ4n) is 4.18. The van der Waals surface area contributed by atoms with Crippen molar-refractivity contribution in [3.05, 3.63) is 70.1 Å². The Morgan fingerprint density at radius 2 is 1.62 bits per heavy atom. The number of nitrogens with one attached hydrogen (secondary N) is 1. The average molecular weight is 406 g/mol. The Balaban J connectivity index is 1.67. The van der Waals surface area contributed by atoms with Crippen LogP contribution in [0.4, 0.5) is 0 Å². The van der Waals surface area contributed by atoms with Crippen molar-refractivity contribution in [3.63, 3.8) is 0 Å². The van der Waals surface area contributed by atoms with Gasteiger partial charge in [0.05, 0.1) is 5.56 Å². The molecule has 3 aromatic rings. The van der Waals surface area contributed by atoms with Gasteiger partial charge in [0, 0.05) is 16.3 Å². The van der Waals surface area contributed by atoms with Crippen LogP contribution in [0.2, 0.25) is 0 Å². The lowest BCUT2D eigenvalue weighted by molar-refractivity contribution is 0.0696. The summed E-state index contributed by atoms with van der Waals surface area (Å²) in [6.07, 6.45) is 2.93. The van der Waals surface area contributed by atoms with Crippen molar-refractivity contribution in [2.45, 2.75) is 39.7 Å². The second-order valence-corrected chi connectivity index (χ2v) is 9.76. The second kappa shape index (κ2) is 7.77. The van der Waals surface area contributed by atoms with Crippen LogP contribution in [-0.2, 0) is 19.4 Å². The van der Waals surface area contributed by atoms with Crippen molar-refractivity contribution in [2.24, 2.45) is 5.41 Å². The van der Waals surface area contributed by atoms with E-state index >= 15 is 0 Å². The molecule has 2 aromatic carbocycles. The molecule has 1 aliphatic carbocycles. The predicted octanol–water partition coefficient (Wildman–Crippen LogP) is 6.01. The molecule has 4 heteroatoms. The van der Waals surface area contributed by atoms with Crippen LogP contribution in [-0.4, -0.2) is 18.1 Å². The van der Waals surface area contributed by atoms with Gasteiger partial charge in [-0.2, -0.15) is 0 Å². The topological polar surface area (TPSA) is 49.3 Å². The number of fused-ring (bicyclic) bond motifs is 1. The second-order valence-electron chi connectivity index (χ2n) is 8.66. The van der Waals surface area contributed by atoms with E-state index in [1.807, 2.05) is 7.05 Å². The summed E-state index contributed by atoms with van der Waals surface area (Å²) in [7, 11) is 1.95. The zero-order valence-electron chi connectivity index (χ0n) is 17.2. The molecule has 0 saturated heterocycles. The Kier molecular flexibility index (Phi) is 5.32. The first-order chi connectivity index (χ1) is 13.9. The van der Waals surface area contributed by atoms with Gasteiger partial charge in [0.1, 0.15) is 0 Å². The highest BCUT2D eigenvalue weighted by Gasteiger charge is 2.32. The third-order valence-corrected chi connectivity index (χ3v) is 7.14. The maximum atomic E-state index is 12.1.